The van der Waals surface area contributed by atoms with Crippen LogP contribution >= 0.6 is 0 Å². The summed E-state index contributed by atoms with van der Waals surface area (Å²) < 4.78 is 41.4. The minimum atomic E-state index is -4.59. The lowest BCUT2D eigenvalue weighted by Crippen LogP contribution is -2.45. The number of imidazole rings is 1. The lowest BCUT2D eigenvalue weighted by atomic mass is 9.99. The highest BCUT2D eigenvalue weighted by molar-refractivity contribution is 6.11. The van der Waals surface area contributed by atoms with Crippen LogP contribution in [0.3, 0.4) is 0 Å². The van der Waals surface area contributed by atoms with Gasteiger partial charge in [0.2, 0.25) is 11.6 Å². The minimum Gasteiger partial charge on any atom is -0.325 e. The fraction of sp³-hybridized carbons (Fsp3) is 0.344. The minimum absolute atomic E-state index is 0.0159. The number of piperazine rings is 1. The molecule has 3 aromatic rings. The van der Waals surface area contributed by atoms with Crippen molar-refractivity contribution in [3.8, 4) is 6.07 Å². The molecule has 1 aliphatic heterocycles. The lowest BCUT2D eigenvalue weighted by molar-refractivity contribution is -0.137. The summed E-state index contributed by atoms with van der Waals surface area (Å²) in [6, 6.07) is 9.88. The van der Waals surface area contributed by atoms with Crippen molar-refractivity contribution in [3.05, 3.63) is 82.3 Å². The summed E-state index contributed by atoms with van der Waals surface area (Å²) in [7, 11) is 0. The van der Waals surface area contributed by atoms with Crippen LogP contribution in [-0.4, -0.2) is 70.0 Å². The number of aromatic nitrogens is 2. The number of aromatic amines is 1. The van der Waals surface area contributed by atoms with Crippen molar-refractivity contribution in [1.82, 2.24) is 19.8 Å². The van der Waals surface area contributed by atoms with E-state index in [0.717, 1.165) is 57.7 Å². The maximum Gasteiger partial charge on any atom is 0.416 e. The zero-order valence-corrected chi connectivity index (χ0v) is 24.7. The van der Waals surface area contributed by atoms with Crippen molar-refractivity contribution in [3.63, 3.8) is 0 Å². The van der Waals surface area contributed by atoms with Crippen molar-refractivity contribution in [2.45, 2.75) is 32.5 Å². The Bertz CT molecular complexity index is 1660. The highest BCUT2D eigenvalue weighted by Crippen LogP contribution is 2.33. The van der Waals surface area contributed by atoms with E-state index in [1.165, 1.54) is 30.5 Å². The molecule has 0 spiro atoms. The average Bonchev–Trinajstić information content (AvgIpc) is 3.79. The number of allylic oxidation sites excluding steroid dienone is 1. The number of amides is 2. The third kappa shape index (κ3) is 8.23. The van der Waals surface area contributed by atoms with Gasteiger partial charge in [-0.2, -0.15) is 18.4 Å². The predicted molar refractivity (Wildman–Crippen MR) is 163 cm³/mol. The molecule has 5 N–H and O–H groups in total. The first-order chi connectivity index (χ1) is 21.5. The summed E-state index contributed by atoms with van der Waals surface area (Å²) in [4.78, 5) is 36.7. The normalized spacial score (nSPS) is 16.0. The summed E-state index contributed by atoms with van der Waals surface area (Å²) in [5.41, 5.74) is 0.354. The topological polar surface area (TPSA) is 143 Å². The van der Waals surface area contributed by atoms with Gasteiger partial charge in [-0.15, -0.1) is 0 Å². The van der Waals surface area contributed by atoms with Gasteiger partial charge in [-0.3, -0.25) is 19.9 Å². The largest absolute Gasteiger partial charge is 0.416 e. The number of rotatable bonds is 10. The van der Waals surface area contributed by atoms with Crippen LogP contribution < -0.4 is 16.0 Å². The standard InChI is InChI=1S/C32H33F3N8O2/c1-2-42-9-11-43(12-10-42)19-20-13-24(32(33,34)35)16-25(14-20)39-31(45)22-5-6-23(17-36)26(15-22)27(37)7-8-28-38-18-29(40-28)41-30(44)21-3-4-21/h5-8,13-16,18,21,37H,2-4,9-12,19H2,1H3,(H,38,40)(H,39,45)(H,41,44)/p+1/b8-7-,37-27?. The predicted octanol–water partition coefficient (Wildman–Crippen LogP) is 3.30. The smallest absolute Gasteiger partial charge is 0.325 e. The van der Waals surface area contributed by atoms with Gasteiger partial charge in [-0.1, -0.05) is 6.92 Å². The number of anilines is 2. The molecule has 2 heterocycles. The number of halogens is 3. The zero-order valence-electron chi connectivity index (χ0n) is 24.7. The number of nitriles is 1. The summed E-state index contributed by atoms with van der Waals surface area (Å²) in [6.07, 6.45) is 1.69. The van der Waals surface area contributed by atoms with Gasteiger partial charge in [0, 0.05) is 56.0 Å². The number of carbonyl (C=O) groups is 2. The Kier molecular flexibility index (Phi) is 9.45. The van der Waals surface area contributed by atoms with Gasteiger partial charge in [0.15, 0.2) is 0 Å². The van der Waals surface area contributed by atoms with E-state index in [1.807, 2.05) is 6.07 Å². The van der Waals surface area contributed by atoms with Gasteiger partial charge < -0.3 is 20.5 Å². The molecule has 1 saturated carbocycles. The molecule has 10 nitrogen and oxygen atoms in total. The number of benzene rings is 2. The number of alkyl halides is 3. The summed E-state index contributed by atoms with van der Waals surface area (Å²) in [6.45, 7) is 6.50. The second kappa shape index (κ2) is 13.5. The molecule has 0 unspecified atom stereocenters. The number of nitrogens with two attached hydrogens (primary N) is 1. The Labute approximate surface area is 258 Å². The molecule has 2 amide bonds. The molecule has 0 radical (unpaired) electrons. The Morgan fingerprint density at radius 3 is 2.51 bits per heavy atom. The molecule has 2 aliphatic rings. The molecule has 2 aromatic carbocycles. The van der Waals surface area contributed by atoms with Gasteiger partial charge in [-0.05, 0) is 67.4 Å². The first kappa shape index (κ1) is 31.6. The van der Waals surface area contributed by atoms with E-state index in [2.05, 4.69) is 37.3 Å². The molecule has 45 heavy (non-hydrogen) atoms. The Morgan fingerprint density at radius 2 is 1.84 bits per heavy atom. The van der Waals surface area contributed by atoms with Crippen LogP contribution in [0, 0.1) is 17.2 Å². The van der Waals surface area contributed by atoms with Crippen LogP contribution in [0.15, 0.2) is 48.7 Å². The van der Waals surface area contributed by atoms with Crippen LogP contribution in [0.1, 0.15) is 58.2 Å². The maximum absolute atomic E-state index is 13.8. The van der Waals surface area contributed by atoms with Crippen LogP contribution in [0.25, 0.3) is 6.08 Å². The molecule has 0 bridgehead atoms. The first-order valence-corrected chi connectivity index (χ1v) is 14.7. The fourth-order valence-electron chi connectivity index (χ4n) is 5.09. The number of nitrogens with zero attached hydrogens (tertiary/aromatic N) is 4. The molecule has 13 heteroatoms. The van der Waals surface area contributed by atoms with Crippen LogP contribution in [-0.2, 0) is 17.5 Å². The number of likely N-dealkylation sites (N-methyl/N-ethyl adjacent to an activating group) is 1. The molecule has 1 saturated heterocycles. The molecular weight excluding hydrogens is 585 g/mol. The van der Waals surface area contributed by atoms with Crippen molar-refractivity contribution in [1.29, 1.82) is 5.26 Å². The Morgan fingerprint density at radius 1 is 1.11 bits per heavy atom. The van der Waals surface area contributed by atoms with Crippen molar-refractivity contribution in [2.75, 3.05) is 43.4 Å². The number of hydrogen-bond donors (Lipinski definition) is 4. The van der Waals surface area contributed by atoms with E-state index >= 15 is 0 Å². The molecular formula is C32H34F3N8O2+. The van der Waals surface area contributed by atoms with Gasteiger partial charge in [0.05, 0.1) is 22.9 Å². The highest BCUT2D eigenvalue weighted by Gasteiger charge is 2.32. The van der Waals surface area contributed by atoms with Crippen LogP contribution in [0.5, 0.6) is 0 Å². The summed E-state index contributed by atoms with van der Waals surface area (Å²) in [5.74, 6) is 0.164. The summed E-state index contributed by atoms with van der Waals surface area (Å²) >= 11 is 0. The first-order valence-electron chi connectivity index (χ1n) is 14.7. The highest BCUT2D eigenvalue weighted by atomic mass is 19.4. The van der Waals surface area contributed by atoms with E-state index in [-0.39, 0.29) is 39.9 Å². The van der Waals surface area contributed by atoms with Crippen molar-refractivity contribution in [2.24, 2.45) is 5.92 Å². The van der Waals surface area contributed by atoms with E-state index in [9.17, 15) is 28.0 Å². The molecule has 0 atom stereocenters. The lowest BCUT2D eigenvalue weighted by Gasteiger charge is -2.34. The van der Waals surface area contributed by atoms with E-state index < -0.39 is 17.6 Å². The number of carbonyl (C=O) groups excluding carboxylic acids is 2. The zero-order chi connectivity index (χ0) is 32.1. The Hall–Kier alpha value is -4.80. The van der Waals surface area contributed by atoms with Crippen LogP contribution in [0.2, 0.25) is 0 Å². The number of hydrogen-bond acceptors (Lipinski definition) is 6. The number of H-pyrrole nitrogens is 1. The van der Waals surface area contributed by atoms with Gasteiger partial charge in [0.1, 0.15) is 17.7 Å². The van der Waals surface area contributed by atoms with E-state index in [0.29, 0.717) is 23.8 Å². The third-order valence-electron chi connectivity index (χ3n) is 7.83. The van der Waals surface area contributed by atoms with Crippen molar-refractivity contribution < 1.29 is 28.2 Å². The quantitative estimate of drug-likeness (QED) is 0.257. The molecule has 1 aliphatic carbocycles. The van der Waals surface area contributed by atoms with E-state index in [4.69, 9.17) is 5.41 Å². The maximum atomic E-state index is 13.8. The fourth-order valence-corrected chi connectivity index (χ4v) is 5.09. The van der Waals surface area contributed by atoms with Gasteiger partial charge >= 0.3 is 6.18 Å². The number of nitrogens with one attached hydrogen (secondary N) is 3. The SMILES string of the molecule is CCN1CCN(Cc2cc(NC(=O)c3ccc(C#N)c(C(=[NH2+])/C=C\c4ncc(NC(=O)C5CC5)[nH]4)c3)cc(C(F)(F)F)c2)CC1. The average molecular weight is 620 g/mol. The second-order valence-electron chi connectivity index (χ2n) is 11.2. The Balaban J connectivity index is 1.30. The molecule has 2 fully saturated rings. The van der Waals surface area contributed by atoms with E-state index in [1.54, 1.807) is 12.1 Å². The summed E-state index contributed by atoms with van der Waals surface area (Å²) in [5, 5.41) is 21.3. The molecule has 234 valence electrons. The van der Waals surface area contributed by atoms with Gasteiger partial charge in [0.25, 0.3) is 5.91 Å². The van der Waals surface area contributed by atoms with Crippen molar-refractivity contribution >= 4 is 35.1 Å². The monoisotopic (exact) mass is 619 g/mol. The van der Waals surface area contributed by atoms with Crippen LogP contribution in [0.4, 0.5) is 24.7 Å². The second-order valence-corrected chi connectivity index (χ2v) is 11.2. The molecule has 5 rings (SSSR count). The van der Waals surface area contributed by atoms with Gasteiger partial charge in [-0.25, -0.2) is 4.98 Å². The third-order valence-corrected chi connectivity index (χ3v) is 7.83. The molecule has 1 aromatic heterocycles.